The first-order valence-electron chi connectivity index (χ1n) is 4.00. The van der Waals surface area contributed by atoms with Crippen molar-refractivity contribution in [1.29, 1.82) is 0 Å². The molecule has 1 aromatic carbocycles. The summed E-state index contributed by atoms with van der Waals surface area (Å²) in [6.45, 7) is 1.54. The van der Waals surface area contributed by atoms with E-state index in [4.69, 9.17) is 0 Å². The third kappa shape index (κ3) is 2.82. The Morgan fingerprint density at radius 3 is 2.60 bits per heavy atom. The molecule has 0 saturated carbocycles. The van der Waals surface area contributed by atoms with Crippen LogP contribution in [-0.2, 0) is 17.4 Å². The molecule has 1 N–H and O–H groups in total. The summed E-state index contributed by atoms with van der Waals surface area (Å²) in [5.74, 6) is 0. The highest BCUT2D eigenvalue weighted by atomic mass is 32.1. The van der Waals surface area contributed by atoms with Gasteiger partial charge < -0.3 is 5.32 Å². The third-order valence-corrected chi connectivity index (χ3v) is 2.04. The molecule has 1 rings (SSSR count). The fourth-order valence-electron chi connectivity index (χ4n) is 1.18. The van der Waals surface area contributed by atoms with Crippen LogP contribution in [-0.4, -0.2) is 9.70 Å². The van der Waals surface area contributed by atoms with Gasteiger partial charge in [0.1, 0.15) is 11.3 Å². The predicted octanol–water partition coefficient (Wildman–Crippen LogP) is 2.40. The number of nitrogens with one attached hydrogen (secondary N) is 1. The lowest BCUT2D eigenvalue weighted by atomic mass is 10.1. The van der Waals surface area contributed by atoms with Crippen LogP contribution in [0.1, 0.15) is 11.1 Å². The van der Waals surface area contributed by atoms with Gasteiger partial charge >= 0.3 is 6.18 Å². The smallest absolute Gasteiger partial charge is 0.350 e. The first-order valence-corrected chi connectivity index (χ1v) is 4.81. The molecule has 0 heterocycles. The number of aryl methyl sites for hydroxylation is 1. The highest BCUT2D eigenvalue weighted by Crippen LogP contribution is 2.35. The summed E-state index contributed by atoms with van der Waals surface area (Å²) < 4.78 is 47.6. The van der Waals surface area contributed by atoms with Crippen molar-refractivity contribution in [3.05, 3.63) is 29.3 Å². The molecular formula is C9H8F3NOS. The highest BCUT2D eigenvalue weighted by molar-refractivity contribution is 7.65. The Labute approximate surface area is 88.2 Å². The lowest BCUT2D eigenvalue weighted by Gasteiger charge is -2.14. The molecule has 2 nitrogen and oxygen atoms in total. The molecule has 0 unspecified atom stereocenters. The van der Waals surface area contributed by atoms with Crippen molar-refractivity contribution in [2.75, 3.05) is 5.32 Å². The molecule has 0 atom stereocenters. The van der Waals surface area contributed by atoms with E-state index in [2.05, 4.69) is 5.32 Å². The van der Waals surface area contributed by atoms with Crippen molar-refractivity contribution >= 4 is 22.4 Å². The van der Waals surface area contributed by atoms with E-state index in [0.29, 0.717) is 5.56 Å². The van der Waals surface area contributed by atoms with Gasteiger partial charge in [-0.3, -0.25) is 0 Å². The maximum atomic E-state index is 12.5. The van der Waals surface area contributed by atoms with E-state index in [0.717, 1.165) is 11.6 Å². The van der Waals surface area contributed by atoms with E-state index in [1.165, 1.54) is 6.07 Å². The van der Waals surface area contributed by atoms with Gasteiger partial charge in [-0.15, -0.1) is 0 Å². The summed E-state index contributed by atoms with van der Waals surface area (Å²) in [4.78, 5) is 0. The first-order chi connectivity index (χ1) is 6.96. The number of rotatable bonds is 2. The molecule has 0 aliphatic heterocycles. The third-order valence-electron chi connectivity index (χ3n) is 1.83. The van der Waals surface area contributed by atoms with Crippen LogP contribution in [0.2, 0.25) is 0 Å². The molecule has 0 radical (unpaired) electrons. The van der Waals surface area contributed by atoms with E-state index < -0.39 is 11.7 Å². The minimum atomic E-state index is -4.42. The molecule has 0 aliphatic rings. The first kappa shape index (κ1) is 11.8. The van der Waals surface area contributed by atoms with E-state index in [9.17, 15) is 17.4 Å². The van der Waals surface area contributed by atoms with Crippen LogP contribution in [0.3, 0.4) is 0 Å². The molecule has 6 heteroatoms. The van der Waals surface area contributed by atoms with Gasteiger partial charge in [0, 0.05) is 0 Å². The molecule has 0 aliphatic carbocycles. The zero-order chi connectivity index (χ0) is 11.5. The van der Waals surface area contributed by atoms with Gasteiger partial charge in [-0.25, -0.2) is 4.21 Å². The normalized spacial score (nSPS) is 10.9. The second-order valence-corrected chi connectivity index (χ2v) is 3.28. The van der Waals surface area contributed by atoms with Crippen LogP contribution in [0.4, 0.5) is 18.9 Å². The van der Waals surface area contributed by atoms with Crippen LogP contribution in [0, 0.1) is 6.92 Å². The zero-order valence-electron chi connectivity index (χ0n) is 7.76. The maximum Gasteiger partial charge on any atom is 0.418 e. The second kappa shape index (κ2) is 4.48. The van der Waals surface area contributed by atoms with Crippen molar-refractivity contribution in [3.8, 4) is 0 Å². The van der Waals surface area contributed by atoms with E-state index in [1.807, 2.05) is 0 Å². The molecule has 0 spiro atoms. The van der Waals surface area contributed by atoms with Crippen LogP contribution in [0.5, 0.6) is 0 Å². The Bertz CT molecular complexity index is 410. The van der Waals surface area contributed by atoms with Crippen LogP contribution in [0.25, 0.3) is 0 Å². The molecular weight excluding hydrogens is 227 g/mol. The number of hydrogen-bond donors (Lipinski definition) is 1. The number of alkyl halides is 3. The number of anilines is 1. The fraction of sp³-hybridized carbons (Fsp3) is 0.222. The molecule has 0 bridgehead atoms. The van der Waals surface area contributed by atoms with Crippen molar-refractivity contribution in [2.24, 2.45) is 0 Å². The predicted molar refractivity (Wildman–Crippen MR) is 54.0 cm³/mol. The Balaban J connectivity index is 3.26. The van der Waals surface area contributed by atoms with Crippen LogP contribution >= 0.6 is 0 Å². The van der Waals surface area contributed by atoms with Crippen molar-refractivity contribution in [3.63, 3.8) is 0 Å². The van der Waals surface area contributed by atoms with Crippen molar-refractivity contribution < 1.29 is 17.4 Å². The standard InChI is InChI=1S/C9H8F3NOS/c1-6-3-2-4-7(9(10,11)12)8(6)13-5-15-14/h2-5,13H,1H3. The minimum Gasteiger partial charge on any atom is -0.350 e. The van der Waals surface area contributed by atoms with Crippen LogP contribution < -0.4 is 5.32 Å². The molecule has 0 aromatic heterocycles. The van der Waals surface area contributed by atoms with Crippen LogP contribution in [0.15, 0.2) is 18.2 Å². The number of hydrogen-bond acceptors (Lipinski definition) is 1. The monoisotopic (exact) mass is 235 g/mol. The van der Waals surface area contributed by atoms with Gasteiger partial charge in [0.25, 0.3) is 0 Å². The molecule has 0 fully saturated rings. The topological polar surface area (TPSA) is 29.1 Å². The van der Waals surface area contributed by atoms with Gasteiger partial charge in [0.15, 0.2) is 0 Å². The highest BCUT2D eigenvalue weighted by Gasteiger charge is 2.33. The van der Waals surface area contributed by atoms with Gasteiger partial charge in [0.05, 0.1) is 16.7 Å². The zero-order valence-corrected chi connectivity index (χ0v) is 8.58. The summed E-state index contributed by atoms with van der Waals surface area (Å²) >= 11 is 0.0710. The Morgan fingerprint density at radius 2 is 2.07 bits per heavy atom. The fourth-order valence-corrected chi connectivity index (χ4v) is 1.34. The van der Waals surface area contributed by atoms with E-state index in [-0.39, 0.29) is 16.9 Å². The SMILES string of the molecule is Cc1cccc(C(F)(F)F)c1NC=S=O. The summed E-state index contributed by atoms with van der Waals surface area (Å²) in [7, 11) is 0. The maximum absolute atomic E-state index is 12.5. The molecule has 0 saturated heterocycles. The number of halogens is 3. The largest absolute Gasteiger partial charge is 0.418 e. The average Bonchev–Trinajstić information content (AvgIpc) is 2.14. The molecule has 1 aromatic rings. The number of benzene rings is 1. The molecule has 15 heavy (non-hydrogen) atoms. The minimum absolute atomic E-state index is 0.0710. The second-order valence-electron chi connectivity index (χ2n) is 2.85. The summed E-state index contributed by atoms with van der Waals surface area (Å²) in [6.07, 6.45) is -4.42. The van der Waals surface area contributed by atoms with Gasteiger partial charge in [-0.2, -0.15) is 13.2 Å². The summed E-state index contributed by atoms with van der Waals surface area (Å²) in [5.41, 5.74) is 0.564. The number of para-hydroxylation sites is 1. The Kier molecular flexibility index (Phi) is 3.52. The van der Waals surface area contributed by atoms with E-state index >= 15 is 0 Å². The van der Waals surface area contributed by atoms with Crippen molar-refractivity contribution in [1.82, 2.24) is 0 Å². The lowest BCUT2D eigenvalue weighted by molar-refractivity contribution is -0.136. The van der Waals surface area contributed by atoms with Crippen molar-refractivity contribution in [2.45, 2.75) is 13.1 Å². The summed E-state index contributed by atoms with van der Waals surface area (Å²) in [5, 5.41) is 2.34. The Morgan fingerprint density at radius 1 is 1.40 bits per heavy atom. The Hall–Kier alpha value is -1.30. The quantitative estimate of drug-likeness (QED) is 0.797. The molecule has 0 amide bonds. The van der Waals surface area contributed by atoms with Gasteiger partial charge in [0.2, 0.25) is 0 Å². The molecule has 82 valence electrons. The van der Waals surface area contributed by atoms with Gasteiger partial charge in [-0.05, 0) is 18.6 Å². The summed E-state index contributed by atoms with van der Waals surface area (Å²) in [6, 6.07) is 3.84. The average molecular weight is 235 g/mol. The van der Waals surface area contributed by atoms with Gasteiger partial charge in [-0.1, -0.05) is 12.1 Å². The lowest BCUT2D eigenvalue weighted by Crippen LogP contribution is -2.11. The van der Waals surface area contributed by atoms with E-state index in [1.54, 1.807) is 13.0 Å².